The van der Waals surface area contributed by atoms with E-state index in [1.54, 1.807) is 11.8 Å². The number of nitrogens with zero attached hydrogens (tertiary/aromatic N) is 2. The molecule has 2 nitrogen and oxygen atoms in total. The maximum Gasteiger partial charge on any atom is 0.132 e. The van der Waals surface area contributed by atoms with Gasteiger partial charge in [0.25, 0.3) is 0 Å². The molecule has 0 unspecified atom stereocenters. The van der Waals surface area contributed by atoms with Gasteiger partial charge >= 0.3 is 0 Å². The van der Waals surface area contributed by atoms with E-state index in [4.69, 9.17) is 4.98 Å². The van der Waals surface area contributed by atoms with Crippen LogP contribution in [0.15, 0.2) is 5.03 Å². The maximum absolute atomic E-state index is 4.73. The Balaban J connectivity index is 2.29. The lowest BCUT2D eigenvalue weighted by Crippen LogP contribution is -2.11. The smallest absolute Gasteiger partial charge is 0.132 e. The van der Waals surface area contributed by atoms with E-state index in [1.807, 2.05) is 0 Å². The fourth-order valence-corrected chi connectivity index (χ4v) is 3.00. The van der Waals surface area contributed by atoms with Crippen LogP contribution in [0.5, 0.6) is 0 Å². The summed E-state index contributed by atoms with van der Waals surface area (Å²) < 4.78 is 0. The third-order valence-electron chi connectivity index (χ3n) is 3.53. The average molecular weight is 236 g/mol. The summed E-state index contributed by atoms with van der Waals surface area (Å²) in [5, 5.41) is 1.16. The monoisotopic (exact) mass is 236 g/mol. The molecule has 0 amide bonds. The second kappa shape index (κ2) is 5.17. The average Bonchev–Trinajstić information content (AvgIpc) is 2.33. The molecule has 0 spiro atoms. The van der Waals surface area contributed by atoms with E-state index in [0.29, 0.717) is 5.92 Å². The quantitative estimate of drug-likeness (QED) is 0.576. The summed E-state index contributed by atoms with van der Waals surface area (Å²) in [6, 6.07) is 0. The molecular weight excluding hydrogens is 216 g/mol. The fourth-order valence-electron chi connectivity index (χ4n) is 2.37. The van der Waals surface area contributed by atoms with Crippen LogP contribution in [0.4, 0.5) is 0 Å². The molecule has 88 valence electrons. The van der Waals surface area contributed by atoms with E-state index in [0.717, 1.165) is 16.5 Å². The van der Waals surface area contributed by atoms with Gasteiger partial charge in [0.05, 0.1) is 0 Å². The topological polar surface area (TPSA) is 25.8 Å². The van der Waals surface area contributed by atoms with Crippen molar-refractivity contribution in [3.63, 3.8) is 0 Å². The van der Waals surface area contributed by atoms with Crippen molar-refractivity contribution in [3.8, 4) is 0 Å². The Hall–Kier alpha value is -0.570. The van der Waals surface area contributed by atoms with Gasteiger partial charge in [-0.2, -0.15) is 0 Å². The number of hydrogen-bond donors (Lipinski definition) is 0. The van der Waals surface area contributed by atoms with Crippen molar-refractivity contribution in [3.05, 3.63) is 17.1 Å². The lowest BCUT2D eigenvalue weighted by atomic mass is 9.88. The molecule has 1 aliphatic carbocycles. The minimum atomic E-state index is 0.610. The van der Waals surface area contributed by atoms with Gasteiger partial charge in [-0.15, -0.1) is 11.8 Å². The Morgan fingerprint density at radius 2 is 1.75 bits per heavy atom. The lowest BCUT2D eigenvalue weighted by molar-refractivity contribution is 0.425. The van der Waals surface area contributed by atoms with Gasteiger partial charge in [0.2, 0.25) is 0 Å². The predicted molar refractivity (Wildman–Crippen MR) is 69.1 cm³/mol. The molecule has 1 saturated carbocycles. The lowest BCUT2D eigenvalue weighted by Gasteiger charge is -2.21. The molecule has 0 N–H and O–H groups in total. The molecule has 0 atom stereocenters. The minimum absolute atomic E-state index is 0.610. The van der Waals surface area contributed by atoms with Gasteiger partial charge in [-0.3, -0.25) is 0 Å². The van der Waals surface area contributed by atoms with E-state index in [9.17, 15) is 0 Å². The second-order valence-electron chi connectivity index (χ2n) is 4.64. The van der Waals surface area contributed by atoms with E-state index < -0.39 is 0 Å². The SMILES string of the molecule is CSc1nc(C2CCCCC2)nc(C)c1C. The van der Waals surface area contributed by atoms with Crippen LogP contribution in [-0.4, -0.2) is 16.2 Å². The van der Waals surface area contributed by atoms with Crippen LogP contribution in [0.2, 0.25) is 0 Å². The Labute approximate surface area is 102 Å². The number of thioether (sulfide) groups is 1. The molecule has 3 heteroatoms. The minimum Gasteiger partial charge on any atom is -0.238 e. The highest BCUT2D eigenvalue weighted by Crippen LogP contribution is 2.32. The first kappa shape index (κ1) is 11.9. The Morgan fingerprint density at radius 1 is 1.06 bits per heavy atom. The van der Waals surface area contributed by atoms with Crippen LogP contribution >= 0.6 is 11.8 Å². The Kier molecular flexibility index (Phi) is 3.85. The maximum atomic E-state index is 4.73. The zero-order chi connectivity index (χ0) is 11.5. The van der Waals surface area contributed by atoms with Gasteiger partial charge in [0.15, 0.2) is 0 Å². The molecule has 1 heterocycles. The molecule has 0 bridgehead atoms. The van der Waals surface area contributed by atoms with Gasteiger partial charge in [-0.1, -0.05) is 19.3 Å². The zero-order valence-corrected chi connectivity index (χ0v) is 11.2. The highest BCUT2D eigenvalue weighted by Gasteiger charge is 2.19. The highest BCUT2D eigenvalue weighted by molar-refractivity contribution is 7.98. The summed E-state index contributed by atoms with van der Waals surface area (Å²) in [6.45, 7) is 4.22. The zero-order valence-electron chi connectivity index (χ0n) is 10.4. The van der Waals surface area contributed by atoms with Crippen LogP contribution in [-0.2, 0) is 0 Å². The van der Waals surface area contributed by atoms with Crippen molar-refractivity contribution in [1.82, 2.24) is 9.97 Å². The van der Waals surface area contributed by atoms with Crippen LogP contribution in [0, 0.1) is 13.8 Å². The van der Waals surface area contributed by atoms with Crippen molar-refractivity contribution in [2.24, 2.45) is 0 Å². The molecular formula is C13H20N2S. The number of aryl methyl sites for hydroxylation is 1. The van der Waals surface area contributed by atoms with E-state index in [-0.39, 0.29) is 0 Å². The predicted octanol–water partition coefficient (Wildman–Crippen LogP) is 3.86. The second-order valence-corrected chi connectivity index (χ2v) is 5.43. The first-order valence-electron chi connectivity index (χ1n) is 6.11. The van der Waals surface area contributed by atoms with Crippen molar-refractivity contribution in [2.75, 3.05) is 6.26 Å². The third kappa shape index (κ3) is 2.40. The van der Waals surface area contributed by atoms with Crippen LogP contribution in [0.3, 0.4) is 0 Å². The summed E-state index contributed by atoms with van der Waals surface area (Å²) in [6.07, 6.45) is 8.72. The Morgan fingerprint density at radius 3 is 2.38 bits per heavy atom. The molecule has 1 aliphatic rings. The highest BCUT2D eigenvalue weighted by atomic mass is 32.2. The van der Waals surface area contributed by atoms with Crippen molar-refractivity contribution in [1.29, 1.82) is 0 Å². The standard InChI is InChI=1S/C13H20N2S/c1-9-10(2)14-12(15-13(9)16-3)11-7-5-4-6-8-11/h11H,4-8H2,1-3H3. The summed E-state index contributed by atoms with van der Waals surface area (Å²) >= 11 is 1.74. The first-order chi connectivity index (χ1) is 7.72. The van der Waals surface area contributed by atoms with Gasteiger partial charge in [-0.25, -0.2) is 9.97 Å². The number of rotatable bonds is 2. The van der Waals surface area contributed by atoms with Crippen LogP contribution in [0.25, 0.3) is 0 Å². The molecule has 1 aromatic heterocycles. The van der Waals surface area contributed by atoms with E-state index in [1.165, 1.54) is 37.7 Å². The van der Waals surface area contributed by atoms with Crippen molar-refractivity contribution < 1.29 is 0 Å². The summed E-state index contributed by atoms with van der Waals surface area (Å²) in [5.41, 5.74) is 2.40. The summed E-state index contributed by atoms with van der Waals surface area (Å²) in [4.78, 5) is 9.41. The molecule has 0 saturated heterocycles. The van der Waals surface area contributed by atoms with Gasteiger partial charge in [-0.05, 0) is 32.9 Å². The van der Waals surface area contributed by atoms with Crippen molar-refractivity contribution in [2.45, 2.75) is 56.9 Å². The van der Waals surface area contributed by atoms with Crippen LogP contribution in [0.1, 0.15) is 55.1 Å². The van der Waals surface area contributed by atoms with Crippen LogP contribution < -0.4 is 0 Å². The first-order valence-corrected chi connectivity index (χ1v) is 7.34. The molecule has 1 fully saturated rings. The molecule has 0 radical (unpaired) electrons. The van der Waals surface area contributed by atoms with Gasteiger partial charge in [0, 0.05) is 17.2 Å². The van der Waals surface area contributed by atoms with E-state index in [2.05, 4.69) is 25.1 Å². The number of hydrogen-bond acceptors (Lipinski definition) is 3. The van der Waals surface area contributed by atoms with Gasteiger partial charge < -0.3 is 0 Å². The molecule has 0 aromatic carbocycles. The summed E-state index contributed by atoms with van der Waals surface area (Å²) in [5.74, 6) is 1.70. The fraction of sp³-hybridized carbons (Fsp3) is 0.692. The Bertz CT molecular complexity index is 370. The van der Waals surface area contributed by atoms with E-state index >= 15 is 0 Å². The molecule has 16 heavy (non-hydrogen) atoms. The number of aromatic nitrogens is 2. The summed E-state index contributed by atoms with van der Waals surface area (Å²) in [7, 11) is 0. The van der Waals surface area contributed by atoms with Crippen molar-refractivity contribution >= 4 is 11.8 Å². The molecule has 1 aromatic rings. The molecule has 0 aliphatic heterocycles. The molecule has 2 rings (SSSR count). The third-order valence-corrected chi connectivity index (χ3v) is 4.31. The normalized spacial score (nSPS) is 17.7. The van der Waals surface area contributed by atoms with Gasteiger partial charge in [0.1, 0.15) is 10.9 Å². The largest absolute Gasteiger partial charge is 0.238 e.